The Kier molecular flexibility index (Phi) is 3.76. The van der Waals surface area contributed by atoms with Gasteiger partial charge in [0.1, 0.15) is 11.6 Å². The summed E-state index contributed by atoms with van der Waals surface area (Å²) in [5.74, 6) is 0.830. The van der Waals surface area contributed by atoms with Crippen molar-refractivity contribution in [1.82, 2.24) is 20.3 Å². The molecule has 0 fully saturated rings. The molecule has 2 amide bonds. The van der Waals surface area contributed by atoms with E-state index in [1.165, 1.54) is 0 Å². The molecule has 0 radical (unpaired) electrons. The maximum atomic E-state index is 11.4. The molecule has 3 aromatic heterocycles. The highest BCUT2D eigenvalue weighted by Crippen LogP contribution is 2.28. The Balaban J connectivity index is 2.12. The number of urea groups is 1. The van der Waals surface area contributed by atoms with Crippen LogP contribution in [0, 0.1) is 6.92 Å². The first-order valence-corrected chi connectivity index (χ1v) is 7.04. The van der Waals surface area contributed by atoms with Crippen LogP contribution in [0.5, 0.6) is 0 Å². The van der Waals surface area contributed by atoms with Crippen LogP contribution in [0.25, 0.3) is 22.0 Å². The maximum absolute atomic E-state index is 11.4. The average Bonchev–Trinajstić information content (AvgIpc) is 2.54. The van der Waals surface area contributed by atoms with Gasteiger partial charge in [-0.1, -0.05) is 0 Å². The molecule has 3 heterocycles. The first-order chi connectivity index (χ1) is 11.1. The molecule has 23 heavy (non-hydrogen) atoms. The molecule has 0 aromatic carbocycles. The van der Waals surface area contributed by atoms with Gasteiger partial charge in [0.05, 0.1) is 5.69 Å². The normalized spacial score (nSPS) is 10.5. The van der Waals surface area contributed by atoms with Crippen molar-refractivity contribution < 1.29 is 4.79 Å². The number of carbonyl (C=O) groups is 1. The van der Waals surface area contributed by atoms with Crippen LogP contribution in [0.4, 0.5) is 16.4 Å². The van der Waals surface area contributed by atoms with Crippen molar-refractivity contribution in [1.29, 1.82) is 0 Å². The topological polar surface area (TPSA) is 106 Å². The highest BCUT2D eigenvalue weighted by Gasteiger charge is 2.10. The number of aryl methyl sites for hydroxylation is 1. The van der Waals surface area contributed by atoms with Crippen molar-refractivity contribution in [2.45, 2.75) is 6.92 Å². The van der Waals surface area contributed by atoms with E-state index in [-0.39, 0.29) is 6.03 Å². The highest BCUT2D eigenvalue weighted by molar-refractivity contribution is 5.96. The van der Waals surface area contributed by atoms with E-state index in [4.69, 9.17) is 5.73 Å². The minimum atomic E-state index is -0.331. The summed E-state index contributed by atoms with van der Waals surface area (Å²) in [7, 11) is 1.54. The van der Waals surface area contributed by atoms with Crippen LogP contribution in [0.2, 0.25) is 0 Å². The lowest BCUT2D eigenvalue weighted by Crippen LogP contribution is -2.24. The molecule has 3 rings (SSSR count). The number of nitrogens with zero attached hydrogens (tertiary/aromatic N) is 3. The van der Waals surface area contributed by atoms with E-state index in [2.05, 4.69) is 25.6 Å². The quantitative estimate of drug-likeness (QED) is 0.673. The van der Waals surface area contributed by atoms with E-state index in [0.717, 1.165) is 27.6 Å². The van der Waals surface area contributed by atoms with Gasteiger partial charge in [-0.3, -0.25) is 10.3 Å². The Morgan fingerprint density at radius 1 is 1.26 bits per heavy atom. The van der Waals surface area contributed by atoms with Crippen LogP contribution >= 0.6 is 0 Å². The number of amides is 2. The number of pyridine rings is 3. The summed E-state index contributed by atoms with van der Waals surface area (Å²) in [5.41, 5.74) is 8.76. The van der Waals surface area contributed by atoms with Crippen LogP contribution in [0.15, 0.2) is 36.8 Å². The van der Waals surface area contributed by atoms with Gasteiger partial charge in [0.15, 0.2) is 0 Å². The van der Waals surface area contributed by atoms with E-state index < -0.39 is 0 Å². The lowest BCUT2D eigenvalue weighted by molar-refractivity contribution is 0.254. The van der Waals surface area contributed by atoms with Crippen molar-refractivity contribution in [3.63, 3.8) is 0 Å². The Labute approximate surface area is 133 Å². The minimum absolute atomic E-state index is 0.331. The Bertz CT molecular complexity index is 893. The third-order valence-corrected chi connectivity index (χ3v) is 3.53. The molecule has 7 nitrogen and oxygen atoms in total. The highest BCUT2D eigenvalue weighted by atomic mass is 16.2. The second kappa shape index (κ2) is 5.88. The third-order valence-electron chi connectivity index (χ3n) is 3.53. The molecule has 0 aliphatic carbocycles. The third kappa shape index (κ3) is 2.89. The molecular weight excluding hydrogens is 292 g/mol. The van der Waals surface area contributed by atoms with E-state index >= 15 is 0 Å². The van der Waals surface area contributed by atoms with Crippen LogP contribution in [-0.4, -0.2) is 28.0 Å². The van der Waals surface area contributed by atoms with Crippen LogP contribution in [0.3, 0.4) is 0 Å². The molecule has 3 aromatic rings. The fourth-order valence-electron chi connectivity index (χ4n) is 2.29. The summed E-state index contributed by atoms with van der Waals surface area (Å²) in [6.07, 6.45) is 5.09. The molecule has 0 spiro atoms. The predicted molar refractivity (Wildman–Crippen MR) is 90.0 cm³/mol. The molecule has 0 bridgehead atoms. The molecule has 0 atom stereocenters. The van der Waals surface area contributed by atoms with Crippen LogP contribution in [0.1, 0.15) is 5.56 Å². The van der Waals surface area contributed by atoms with Crippen molar-refractivity contribution in [2.24, 2.45) is 0 Å². The Morgan fingerprint density at radius 2 is 2.09 bits per heavy atom. The van der Waals surface area contributed by atoms with Gasteiger partial charge in [0, 0.05) is 36.6 Å². The van der Waals surface area contributed by atoms with Gasteiger partial charge in [-0.15, -0.1) is 0 Å². The number of aromatic nitrogens is 3. The number of nitrogens with two attached hydrogens (primary N) is 1. The zero-order valence-corrected chi connectivity index (χ0v) is 12.8. The summed E-state index contributed by atoms with van der Waals surface area (Å²) in [6, 6.07) is 5.26. The van der Waals surface area contributed by atoms with Gasteiger partial charge in [-0.05, 0) is 36.1 Å². The number of hydrogen-bond acceptors (Lipinski definition) is 5. The average molecular weight is 308 g/mol. The van der Waals surface area contributed by atoms with E-state index in [1.807, 2.05) is 19.1 Å². The zero-order valence-electron chi connectivity index (χ0n) is 12.8. The van der Waals surface area contributed by atoms with E-state index in [1.54, 1.807) is 31.7 Å². The molecule has 0 aliphatic heterocycles. The van der Waals surface area contributed by atoms with Gasteiger partial charge in [0.25, 0.3) is 0 Å². The first kappa shape index (κ1) is 14.7. The molecule has 0 unspecified atom stereocenters. The number of carbonyl (C=O) groups excluding carboxylic acids is 1. The zero-order chi connectivity index (χ0) is 16.4. The SMILES string of the molecule is CNC(=O)Nc1cc2cc(-c3cnccc3C)nc(N)c2cn1. The largest absolute Gasteiger partial charge is 0.383 e. The lowest BCUT2D eigenvalue weighted by atomic mass is 10.1. The van der Waals surface area contributed by atoms with Gasteiger partial charge >= 0.3 is 6.03 Å². The molecule has 0 saturated heterocycles. The summed E-state index contributed by atoms with van der Waals surface area (Å²) in [6.45, 7) is 1.99. The number of rotatable bonds is 2. The number of nitrogens with one attached hydrogen (secondary N) is 2. The second-order valence-electron chi connectivity index (χ2n) is 5.08. The molecule has 0 saturated carbocycles. The van der Waals surface area contributed by atoms with E-state index in [9.17, 15) is 4.79 Å². The van der Waals surface area contributed by atoms with Gasteiger partial charge in [-0.25, -0.2) is 14.8 Å². The van der Waals surface area contributed by atoms with Crippen molar-refractivity contribution >= 4 is 28.4 Å². The van der Waals surface area contributed by atoms with Gasteiger partial charge in [0.2, 0.25) is 0 Å². The summed E-state index contributed by atoms with van der Waals surface area (Å²) >= 11 is 0. The summed E-state index contributed by atoms with van der Waals surface area (Å²) in [4.78, 5) is 24.2. The molecule has 4 N–H and O–H groups in total. The predicted octanol–water partition coefficient (Wildman–Crippen LogP) is 2.33. The Morgan fingerprint density at radius 3 is 2.83 bits per heavy atom. The Hall–Kier alpha value is -3.22. The fraction of sp³-hybridized carbons (Fsp3) is 0.125. The second-order valence-corrected chi connectivity index (χ2v) is 5.08. The van der Waals surface area contributed by atoms with Gasteiger partial charge < -0.3 is 11.1 Å². The lowest BCUT2D eigenvalue weighted by Gasteiger charge is -2.09. The standard InChI is InChI=1S/C16H16N6O/c1-9-3-4-19-7-11(9)13-5-10-6-14(22-16(23)18-2)20-8-12(10)15(17)21-13/h3-8H,1-2H3,(H2,17,21)(H2,18,20,22,23). The molecular formula is C16H16N6O. The van der Waals surface area contributed by atoms with Crippen LogP contribution < -0.4 is 16.4 Å². The van der Waals surface area contributed by atoms with Crippen molar-refractivity contribution in [3.8, 4) is 11.3 Å². The van der Waals surface area contributed by atoms with Crippen LogP contribution in [-0.2, 0) is 0 Å². The molecule has 116 valence electrons. The smallest absolute Gasteiger partial charge is 0.320 e. The number of hydrogen-bond donors (Lipinski definition) is 3. The molecule has 7 heteroatoms. The monoisotopic (exact) mass is 308 g/mol. The first-order valence-electron chi connectivity index (χ1n) is 7.04. The number of fused-ring (bicyclic) bond motifs is 1. The summed E-state index contributed by atoms with van der Waals surface area (Å²) < 4.78 is 0. The minimum Gasteiger partial charge on any atom is -0.383 e. The summed E-state index contributed by atoms with van der Waals surface area (Å²) in [5, 5.41) is 6.70. The molecule has 0 aliphatic rings. The van der Waals surface area contributed by atoms with Crippen molar-refractivity contribution in [2.75, 3.05) is 18.1 Å². The number of nitrogen functional groups attached to an aromatic ring is 1. The fourth-order valence-corrected chi connectivity index (χ4v) is 2.29. The maximum Gasteiger partial charge on any atom is 0.320 e. The van der Waals surface area contributed by atoms with E-state index in [0.29, 0.717) is 11.6 Å². The van der Waals surface area contributed by atoms with Crippen molar-refractivity contribution in [3.05, 3.63) is 42.4 Å². The van der Waals surface area contributed by atoms with Gasteiger partial charge in [-0.2, -0.15) is 0 Å². The number of anilines is 2.